The van der Waals surface area contributed by atoms with E-state index in [0.29, 0.717) is 0 Å². The maximum absolute atomic E-state index is 7.62. The van der Waals surface area contributed by atoms with Gasteiger partial charge in [0, 0.05) is 27.4 Å². The van der Waals surface area contributed by atoms with Crippen molar-refractivity contribution in [1.82, 2.24) is 0 Å². The first-order valence-corrected chi connectivity index (χ1v) is 5.94. The second-order valence-electron chi connectivity index (χ2n) is 3.17. The van der Waals surface area contributed by atoms with Gasteiger partial charge < -0.3 is 19.7 Å². The van der Waals surface area contributed by atoms with Gasteiger partial charge in [0.25, 0.3) is 0 Å². The van der Waals surface area contributed by atoms with Crippen molar-refractivity contribution in [3.05, 3.63) is 0 Å². The average Bonchev–Trinajstić information content (AvgIpc) is 2.30. The monoisotopic (exact) mass is 238 g/mol. The molecule has 0 aliphatic heterocycles. The van der Waals surface area contributed by atoms with Crippen LogP contribution in [0.2, 0.25) is 0 Å². The number of ether oxygens (including phenoxy) is 2. The minimum absolute atomic E-state index is 0.125. The van der Waals surface area contributed by atoms with E-state index in [-0.39, 0.29) is 13.2 Å². The highest BCUT2D eigenvalue weighted by Gasteiger charge is 1.84. The molecule has 0 unspecified atom stereocenters. The summed E-state index contributed by atoms with van der Waals surface area (Å²) in [6, 6.07) is 0. The summed E-state index contributed by atoms with van der Waals surface area (Å²) in [6.07, 6.45) is 4.91. The van der Waals surface area contributed by atoms with Gasteiger partial charge in [0.2, 0.25) is 0 Å². The molecule has 2 N–H and O–H groups in total. The van der Waals surface area contributed by atoms with Crippen LogP contribution >= 0.6 is 0 Å². The largest absolute Gasteiger partial charge is 0.394 e. The van der Waals surface area contributed by atoms with Crippen LogP contribution in [0.15, 0.2) is 0 Å². The summed E-state index contributed by atoms with van der Waals surface area (Å²) >= 11 is 0. The summed E-state index contributed by atoms with van der Waals surface area (Å²) < 4.78 is 9.56. The predicted molar refractivity (Wildman–Crippen MR) is 67.7 cm³/mol. The zero-order valence-electron chi connectivity index (χ0n) is 11.4. The van der Waals surface area contributed by atoms with Crippen LogP contribution in [-0.4, -0.2) is 50.9 Å². The van der Waals surface area contributed by atoms with E-state index in [1.807, 2.05) is 0 Å². The third kappa shape index (κ3) is 48.8. The highest BCUT2D eigenvalue weighted by atomic mass is 16.5. The van der Waals surface area contributed by atoms with Gasteiger partial charge in [-0.15, -0.1) is 0 Å². The van der Waals surface area contributed by atoms with Crippen LogP contribution in [-0.2, 0) is 9.47 Å². The summed E-state index contributed by atoms with van der Waals surface area (Å²) in [7, 11) is 3.25. The van der Waals surface area contributed by atoms with E-state index in [4.69, 9.17) is 14.9 Å². The molecule has 0 aliphatic carbocycles. The van der Waals surface area contributed by atoms with Gasteiger partial charge in [0.1, 0.15) is 0 Å². The van der Waals surface area contributed by atoms with Gasteiger partial charge in [-0.25, -0.2) is 0 Å². The molecule has 0 aromatic heterocycles. The summed E-state index contributed by atoms with van der Waals surface area (Å²) in [5.74, 6) is 0. The molecule has 0 spiro atoms. The molecule has 0 saturated carbocycles. The van der Waals surface area contributed by atoms with Crippen LogP contribution in [0.4, 0.5) is 0 Å². The van der Waals surface area contributed by atoms with Crippen molar-refractivity contribution >= 4 is 0 Å². The van der Waals surface area contributed by atoms with E-state index in [0.717, 1.165) is 13.2 Å². The number of aliphatic hydroxyl groups excluding tert-OH is 2. The second-order valence-corrected chi connectivity index (χ2v) is 3.17. The van der Waals surface area contributed by atoms with Crippen molar-refractivity contribution < 1.29 is 19.7 Å². The first-order chi connectivity index (χ1) is 7.74. The third-order valence-electron chi connectivity index (χ3n) is 1.38. The van der Waals surface area contributed by atoms with Crippen LogP contribution < -0.4 is 0 Å². The Morgan fingerprint density at radius 1 is 0.812 bits per heavy atom. The minimum Gasteiger partial charge on any atom is -0.394 e. The maximum atomic E-state index is 7.62. The molecule has 0 aromatic rings. The van der Waals surface area contributed by atoms with Crippen LogP contribution in [0.1, 0.15) is 39.5 Å². The maximum Gasteiger partial charge on any atom is 0.0662 e. The van der Waals surface area contributed by atoms with Gasteiger partial charge in [-0.1, -0.05) is 26.7 Å². The molecule has 102 valence electrons. The van der Waals surface area contributed by atoms with E-state index >= 15 is 0 Å². The predicted octanol–water partition coefficient (Wildman–Crippen LogP) is 1.84. The van der Waals surface area contributed by atoms with Crippen molar-refractivity contribution in [3.63, 3.8) is 0 Å². The molecule has 16 heavy (non-hydrogen) atoms. The molecule has 0 saturated heterocycles. The lowest BCUT2D eigenvalue weighted by Crippen LogP contribution is -1.95. The van der Waals surface area contributed by atoms with Crippen molar-refractivity contribution in [2.45, 2.75) is 39.5 Å². The zero-order valence-corrected chi connectivity index (χ0v) is 11.4. The Labute approximate surface area is 101 Å². The number of hydrogen-bond donors (Lipinski definition) is 2. The number of hydrogen-bond acceptors (Lipinski definition) is 4. The van der Waals surface area contributed by atoms with E-state index < -0.39 is 0 Å². The minimum atomic E-state index is -0.125. The number of methoxy groups -OCH3 is 1. The standard InChI is InChI=1S/C8H18O.C2H6O2.C2H6O/c1-3-5-7-9-8-6-4-2;3-1-2-4;1-3-2/h3-8H2,1-2H3;3-4H,1-2H2;1-2H3. The molecule has 4 nitrogen and oxygen atoms in total. The molecule has 4 heteroatoms. The quantitative estimate of drug-likeness (QED) is 0.664. The van der Waals surface area contributed by atoms with Crippen LogP contribution in [0.25, 0.3) is 0 Å². The van der Waals surface area contributed by atoms with Crippen LogP contribution in [0.3, 0.4) is 0 Å². The molecular formula is C12H30O4. The summed E-state index contributed by atoms with van der Waals surface area (Å²) in [6.45, 7) is 6.03. The summed E-state index contributed by atoms with van der Waals surface area (Å²) in [4.78, 5) is 0. The Balaban J connectivity index is -0.000000201. The smallest absolute Gasteiger partial charge is 0.0662 e. The van der Waals surface area contributed by atoms with Crippen LogP contribution in [0, 0.1) is 0 Å². The highest BCUT2D eigenvalue weighted by molar-refractivity contribution is 4.33. The van der Waals surface area contributed by atoms with E-state index in [9.17, 15) is 0 Å². The van der Waals surface area contributed by atoms with Crippen LogP contribution in [0.5, 0.6) is 0 Å². The summed E-state index contributed by atoms with van der Waals surface area (Å²) in [5, 5.41) is 15.2. The highest BCUT2D eigenvalue weighted by Crippen LogP contribution is 1.91. The van der Waals surface area contributed by atoms with Gasteiger partial charge >= 0.3 is 0 Å². The first-order valence-electron chi connectivity index (χ1n) is 5.94. The third-order valence-corrected chi connectivity index (χ3v) is 1.38. The Morgan fingerprint density at radius 2 is 1.12 bits per heavy atom. The first kappa shape index (κ1) is 21.2. The number of rotatable bonds is 7. The van der Waals surface area contributed by atoms with E-state index in [2.05, 4.69) is 18.6 Å². The lowest BCUT2D eigenvalue weighted by Gasteiger charge is -1.99. The fraction of sp³-hybridized carbons (Fsp3) is 1.00. The Bertz CT molecular complexity index is 71.4. The van der Waals surface area contributed by atoms with Crippen molar-refractivity contribution in [3.8, 4) is 0 Å². The zero-order chi connectivity index (χ0) is 13.1. The topological polar surface area (TPSA) is 58.9 Å². The Kier molecular flexibility index (Phi) is 38.8. The van der Waals surface area contributed by atoms with Gasteiger partial charge in [0.05, 0.1) is 13.2 Å². The average molecular weight is 238 g/mol. The van der Waals surface area contributed by atoms with E-state index in [1.54, 1.807) is 14.2 Å². The second kappa shape index (κ2) is 29.4. The normalized spacial score (nSPS) is 8.62. The molecular weight excluding hydrogens is 208 g/mol. The fourth-order valence-electron chi connectivity index (χ4n) is 0.595. The lowest BCUT2D eigenvalue weighted by atomic mass is 10.3. The molecule has 0 aliphatic rings. The van der Waals surface area contributed by atoms with Gasteiger partial charge in [-0.3, -0.25) is 0 Å². The van der Waals surface area contributed by atoms with Gasteiger partial charge in [-0.2, -0.15) is 0 Å². The molecule has 0 amide bonds. The Morgan fingerprint density at radius 3 is 1.31 bits per heavy atom. The molecule has 0 atom stereocenters. The molecule has 0 fully saturated rings. The fourth-order valence-corrected chi connectivity index (χ4v) is 0.595. The lowest BCUT2D eigenvalue weighted by molar-refractivity contribution is 0.128. The number of aliphatic hydroxyl groups is 2. The van der Waals surface area contributed by atoms with Crippen molar-refractivity contribution in [2.24, 2.45) is 0 Å². The molecule has 0 radical (unpaired) electrons. The molecule has 0 rings (SSSR count). The Hall–Kier alpha value is -0.160. The SMILES string of the molecule is CCCCOCCCC.COC.OCCO. The van der Waals surface area contributed by atoms with Crippen molar-refractivity contribution in [2.75, 3.05) is 40.6 Å². The summed E-state index contributed by atoms with van der Waals surface area (Å²) in [5.41, 5.74) is 0. The molecule has 0 heterocycles. The van der Waals surface area contributed by atoms with Gasteiger partial charge in [-0.05, 0) is 12.8 Å². The number of unbranched alkanes of at least 4 members (excludes halogenated alkanes) is 2. The van der Waals surface area contributed by atoms with E-state index in [1.165, 1.54) is 25.7 Å². The molecule has 0 aromatic carbocycles. The van der Waals surface area contributed by atoms with Crippen molar-refractivity contribution in [1.29, 1.82) is 0 Å². The van der Waals surface area contributed by atoms with Gasteiger partial charge in [0.15, 0.2) is 0 Å². The molecule has 0 bridgehead atoms.